The number of ether oxygens (including phenoxy) is 1. The van der Waals surface area contributed by atoms with Crippen LogP contribution < -0.4 is 10.5 Å². The minimum absolute atomic E-state index is 0.0168. The maximum absolute atomic E-state index is 12.7. The number of piperidine rings is 1. The molecule has 1 aliphatic heterocycles. The quantitative estimate of drug-likeness (QED) is 0.662. The second kappa shape index (κ2) is 7.41. The lowest BCUT2D eigenvalue weighted by Gasteiger charge is -2.38. The maximum atomic E-state index is 12.7. The first kappa shape index (κ1) is 17.2. The molecule has 1 amide bonds. The highest BCUT2D eigenvalue weighted by atomic mass is 16.6. The summed E-state index contributed by atoms with van der Waals surface area (Å²) in [7, 11) is 0. The van der Waals surface area contributed by atoms with E-state index in [1.54, 1.807) is 17.9 Å². The molecule has 2 rings (SSSR count). The van der Waals surface area contributed by atoms with Crippen LogP contribution in [-0.2, 0) is 0 Å². The first-order valence-corrected chi connectivity index (χ1v) is 7.90. The van der Waals surface area contributed by atoms with Gasteiger partial charge in [-0.2, -0.15) is 0 Å². The zero-order valence-electron chi connectivity index (χ0n) is 13.5. The van der Waals surface area contributed by atoms with Gasteiger partial charge in [0.2, 0.25) is 0 Å². The number of carbonyl (C=O) groups excluding carboxylic acids is 1. The Kier molecular flexibility index (Phi) is 5.54. The number of carbonyl (C=O) groups is 1. The lowest BCUT2D eigenvalue weighted by atomic mass is 9.92. The van der Waals surface area contributed by atoms with E-state index in [1.807, 2.05) is 0 Å². The fraction of sp³-hybridized carbons (Fsp3) is 0.562. The van der Waals surface area contributed by atoms with Crippen LogP contribution in [0.3, 0.4) is 0 Å². The fourth-order valence-corrected chi connectivity index (χ4v) is 2.98. The first-order valence-electron chi connectivity index (χ1n) is 7.90. The standard InChI is InChI=1S/C16H23N3O4/c1-3-23-15-5-4-12(9-14(15)19(21)22)16(20)18-7-6-11(2)8-13(18)10-17/h4-5,9,11,13H,3,6-8,10,17H2,1-2H3. The van der Waals surface area contributed by atoms with E-state index >= 15 is 0 Å². The van der Waals surface area contributed by atoms with Crippen LogP contribution in [0.15, 0.2) is 18.2 Å². The summed E-state index contributed by atoms with van der Waals surface area (Å²) in [6.07, 6.45) is 1.78. The second-order valence-electron chi connectivity index (χ2n) is 5.89. The van der Waals surface area contributed by atoms with E-state index in [0.717, 1.165) is 12.8 Å². The Morgan fingerprint density at radius 1 is 1.52 bits per heavy atom. The molecule has 0 aliphatic carbocycles. The molecule has 0 spiro atoms. The normalized spacial score (nSPS) is 21.1. The Balaban J connectivity index is 2.28. The summed E-state index contributed by atoms with van der Waals surface area (Å²) in [4.78, 5) is 25.1. The Hall–Kier alpha value is -2.15. The number of nitro groups is 1. The molecule has 0 bridgehead atoms. The van der Waals surface area contributed by atoms with Gasteiger partial charge in [-0.15, -0.1) is 0 Å². The van der Waals surface area contributed by atoms with Gasteiger partial charge in [0.1, 0.15) is 0 Å². The van der Waals surface area contributed by atoms with Crippen LogP contribution in [-0.4, -0.2) is 41.5 Å². The molecule has 2 unspecified atom stereocenters. The van der Waals surface area contributed by atoms with Crippen molar-refractivity contribution in [2.45, 2.75) is 32.7 Å². The minimum atomic E-state index is -0.527. The predicted molar refractivity (Wildman–Crippen MR) is 86.5 cm³/mol. The van der Waals surface area contributed by atoms with Crippen molar-refractivity contribution in [1.82, 2.24) is 4.90 Å². The summed E-state index contributed by atoms with van der Waals surface area (Å²) < 4.78 is 5.25. The molecule has 2 N–H and O–H groups in total. The number of benzene rings is 1. The van der Waals surface area contributed by atoms with Gasteiger partial charge in [0.25, 0.3) is 5.91 Å². The van der Waals surface area contributed by atoms with E-state index in [4.69, 9.17) is 10.5 Å². The summed E-state index contributed by atoms with van der Waals surface area (Å²) in [6, 6.07) is 4.33. The highest BCUT2D eigenvalue weighted by Crippen LogP contribution is 2.30. The SMILES string of the molecule is CCOc1ccc(C(=O)N2CCC(C)CC2CN)cc1[N+](=O)[O-]. The molecule has 0 aromatic heterocycles. The van der Waals surface area contributed by atoms with E-state index in [2.05, 4.69) is 6.92 Å². The van der Waals surface area contributed by atoms with E-state index < -0.39 is 4.92 Å². The first-order chi connectivity index (χ1) is 11.0. The van der Waals surface area contributed by atoms with Crippen molar-refractivity contribution in [3.63, 3.8) is 0 Å². The van der Waals surface area contributed by atoms with Crippen molar-refractivity contribution >= 4 is 11.6 Å². The minimum Gasteiger partial charge on any atom is -0.487 e. The van der Waals surface area contributed by atoms with Crippen molar-refractivity contribution in [3.8, 4) is 5.75 Å². The molecule has 1 aromatic carbocycles. The van der Waals surface area contributed by atoms with Crippen molar-refractivity contribution in [1.29, 1.82) is 0 Å². The summed E-state index contributed by atoms with van der Waals surface area (Å²) in [5, 5.41) is 11.2. The van der Waals surface area contributed by atoms with Crippen molar-refractivity contribution in [2.75, 3.05) is 19.7 Å². The van der Waals surface area contributed by atoms with E-state index in [0.29, 0.717) is 31.2 Å². The third kappa shape index (κ3) is 3.79. The average molecular weight is 321 g/mol. The molecular formula is C16H23N3O4. The molecule has 0 radical (unpaired) electrons. The molecule has 1 fully saturated rings. The van der Waals surface area contributed by atoms with Gasteiger partial charge in [-0.05, 0) is 37.8 Å². The maximum Gasteiger partial charge on any atom is 0.311 e. The number of amides is 1. The van der Waals surface area contributed by atoms with Crippen LogP contribution >= 0.6 is 0 Å². The van der Waals surface area contributed by atoms with Crippen LogP contribution in [0.2, 0.25) is 0 Å². The lowest BCUT2D eigenvalue weighted by molar-refractivity contribution is -0.385. The molecular weight excluding hydrogens is 298 g/mol. The number of nitrogens with two attached hydrogens (primary N) is 1. The molecule has 1 heterocycles. The van der Waals surface area contributed by atoms with Gasteiger partial charge in [0, 0.05) is 30.8 Å². The van der Waals surface area contributed by atoms with Gasteiger partial charge in [0.15, 0.2) is 5.75 Å². The van der Waals surface area contributed by atoms with E-state index in [-0.39, 0.29) is 23.4 Å². The number of hydrogen-bond donors (Lipinski definition) is 1. The molecule has 1 saturated heterocycles. The van der Waals surface area contributed by atoms with E-state index in [9.17, 15) is 14.9 Å². The summed E-state index contributed by atoms with van der Waals surface area (Å²) in [5.41, 5.74) is 5.90. The van der Waals surface area contributed by atoms with E-state index in [1.165, 1.54) is 12.1 Å². The van der Waals surface area contributed by atoms with Gasteiger partial charge < -0.3 is 15.4 Å². The topological polar surface area (TPSA) is 98.7 Å². The van der Waals surface area contributed by atoms with Crippen LogP contribution in [0.5, 0.6) is 5.75 Å². The van der Waals surface area contributed by atoms with Crippen LogP contribution in [0.25, 0.3) is 0 Å². The zero-order valence-corrected chi connectivity index (χ0v) is 13.5. The summed E-state index contributed by atoms with van der Waals surface area (Å²) in [5.74, 6) is 0.498. The Morgan fingerprint density at radius 2 is 2.26 bits per heavy atom. The van der Waals surface area contributed by atoms with Crippen molar-refractivity contribution < 1.29 is 14.5 Å². The van der Waals surface area contributed by atoms with Gasteiger partial charge in [-0.1, -0.05) is 6.92 Å². The van der Waals surface area contributed by atoms with Crippen molar-refractivity contribution in [2.24, 2.45) is 11.7 Å². The number of nitro benzene ring substituents is 1. The Labute approximate surface area is 135 Å². The van der Waals surface area contributed by atoms with Gasteiger partial charge in [-0.3, -0.25) is 14.9 Å². The monoisotopic (exact) mass is 321 g/mol. The predicted octanol–water partition coefficient (Wildman–Crippen LogP) is 2.19. The lowest BCUT2D eigenvalue weighted by Crippen LogP contribution is -2.49. The number of hydrogen-bond acceptors (Lipinski definition) is 5. The van der Waals surface area contributed by atoms with Gasteiger partial charge in [0.05, 0.1) is 11.5 Å². The molecule has 0 saturated carbocycles. The number of rotatable bonds is 5. The molecule has 1 aromatic rings. The van der Waals surface area contributed by atoms with Gasteiger partial charge >= 0.3 is 5.69 Å². The smallest absolute Gasteiger partial charge is 0.311 e. The largest absolute Gasteiger partial charge is 0.487 e. The van der Waals surface area contributed by atoms with Gasteiger partial charge in [-0.25, -0.2) is 0 Å². The fourth-order valence-electron chi connectivity index (χ4n) is 2.98. The van der Waals surface area contributed by atoms with Crippen molar-refractivity contribution in [3.05, 3.63) is 33.9 Å². The van der Waals surface area contributed by atoms with Crippen LogP contribution in [0.1, 0.15) is 37.0 Å². The Bertz CT molecular complexity index is 591. The zero-order chi connectivity index (χ0) is 17.0. The summed E-state index contributed by atoms with van der Waals surface area (Å²) in [6.45, 7) is 5.25. The molecule has 1 aliphatic rings. The third-order valence-corrected chi connectivity index (χ3v) is 4.21. The molecule has 7 heteroatoms. The molecule has 7 nitrogen and oxygen atoms in total. The molecule has 126 valence electrons. The molecule has 2 atom stereocenters. The Morgan fingerprint density at radius 3 is 2.87 bits per heavy atom. The highest BCUT2D eigenvalue weighted by molar-refractivity contribution is 5.95. The highest BCUT2D eigenvalue weighted by Gasteiger charge is 2.30. The van der Waals surface area contributed by atoms with Crippen LogP contribution in [0.4, 0.5) is 5.69 Å². The average Bonchev–Trinajstić information content (AvgIpc) is 2.54. The number of likely N-dealkylation sites (tertiary alicyclic amines) is 1. The van der Waals surface area contributed by atoms with Crippen LogP contribution in [0, 0.1) is 16.0 Å². The third-order valence-electron chi connectivity index (χ3n) is 4.21. The number of nitrogens with zero attached hydrogens (tertiary/aromatic N) is 2. The second-order valence-corrected chi connectivity index (χ2v) is 5.89. The summed E-state index contributed by atoms with van der Waals surface area (Å²) >= 11 is 0. The molecule has 23 heavy (non-hydrogen) atoms.